The zero-order chi connectivity index (χ0) is 20.0. The van der Waals surface area contributed by atoms with Crippen molar-refractivity contribution in [3.05, 3.63) is 42.2 Å². The van der Waals surface area contributed by atoms with E-state index in [-0.39, 0.29) is 5.75 Å². The van der Waals surface area contributed by atoms with Gasteiger partial charge in [0.1, 0.15) is 5.75 Å². The number of hydrogen-bond donors (Lipinski definition) is 3. The van der Waals surface area contributed by atoms with Crippen molar-refractivity contribution >= 4 is 5.82 Å². The van der Waals surface area contributed by atoms with E-state index in [2.05, 4.69) is 37.7 Å². The van der Waals surface area contributed by atoms with Crippen molar-refractivity contribution in [2.45, 2.75) is 50.7 Å². The zero-order valence-electron chi connectivity index (χ0n) is 16.8. The minimum atomic E-state index is 0.188. The van der Waals surface area contributed by atoms with Crippen molar-refractivity contribution in [3.63, 3.8) is 0 Å². The van der Waals surface area contributed by atoms with Gasteiger partial charge in [0.05, 0.1) is 11.4 Å². The average molecular weight is 390 g/mol. The Morgan fingerprint density at radius 3 is 2.45 bits per heavy atom. The highest BCUT2D eigenvalue weighted by molar-refractivity contribution is 5.75. The van der Waals surface area contributed by atoms with Crippen LogP contribution < -0.4 is 10.2 Å². The van der Waals surface area contributed by atoms with E-state index in [4.69, 9.17) is 0 Å². The van der Waals surface area contributed by atoms with Crippen LogP contribution in [0.3, 0.4) is 0 Å². The maximum atomic E-state index is 10.6. The molecule has 2 saturated heterocycles. The highest BCUT2D eigenvalue weighted by Gasteiger charge is 2.35. The van der Waals surface area contributed by atoms with Gasteiger partial charge in [-0.05, 0) is 62.4 Å². The number of aromatic hydroxyl groups is 1. The lowest BCUT2D eigenvalue weighted by atomic mass is 9.98. The van der Waals surface area contributed by atoms with Crippen LogP contribution in [-0.4, -0.2) is 50.7 Å². The van der Waals surface area contributed by atoms with Crippen LogP contribution in [0.2, 0.25) is 0 Å². The number of anilines is 1. The monoisotopic (exact) mass is 390 g/mol. The van der Waals surface area contributed by atoms with Gasteiger partial charge in [-0.25, -0.2) is 0 Å². The van der Waals surface area contributed by atoms with Crippen LogP contribution in [0.1, 0.15) is 31.4 Å². The van der Waals surface area contributed by atoms with E-state index in [1.54, 1.807) is 6.07 Å². The number of aromatic amines is 1. The molecule has 7 heteroatoms. The Kier molecular flexibility index (Phi) is 4.47. The summed E-state index contributed by atoms with van der Waals surface area (Å²) in [5, 5.41) is 30.1. The number of H-pyrrole nitrogens is 1. The summed E-state index contributed by atoms with van der Waals surface area (Å²) in [7, 11) is 2.11. The molecule has 2 aromatic heterocycles. The molecule has 2 aliphatic heterocycles. The minimum Gasteiger partial charge on any atom is -0.507 e. The fourth-order valence-electron chi connectivity index (χ4n) is 4.75. The van der Waals surface area contributed by atoms with E-state index in [0.717, 1.165) is 35.5 Å². The van der Waals surface area contributed by atoms with Gasteiger partial charge in [-0.15, -0.1) is 10.2 Å². The zero-order valence-corrected chi connectivity index (χ0v) is 16.8. The number of nitrogens with zero attached hydrogens (tertiary/aromatic N) is 4. The van der Waals surface area contributed by atoms with E-state index in [9.17, 15) is 5.11 Å². The van der Waals surface area contributed by atoms with Crippen molar-refractivity contribution in [2.75, 3.05) is 11.9 Å². The Labute approximate surface area is 170 Å². The number of phenolic OH excluding ortho intramolecular Hbond substituents is 1. The van der Waals surface area contributed by atoms with E-state index < -0.39 is 0 Å². The van der Waals surface area contributed by atoms with E-state index in [0.29, 0.717) is 29.4 Å². The van der Waals surface area contributed by atoms with E-state index in [1.807, 2.05) is 37.4 Å². The van der Waals surface area contributed by atoms with Crippen LogP contribution in [0, 0.1) is 6.92 Å². The molecule has 2 bridgehead atoms. The Bertz CT molecular complexity index is 1000. The molecule has 0 saturated carbocycles. The molecule has 1 aromatic carbocycles. The lowest BCUT2D eigenvalue weighted by Gasteiger charge is -2.36. The number of nitrogens with one attached hydrogen (secondary N) is 2. The van der Waals surface area contributed by atoms with Crippen LogP contribution in [-0.2, 0) is 0 Å². The van der Waals surface area contributed by atoms with Gasteiger partial charge in [0, 0.05) is 42.5 Å². The molecule has 5 rings (SSSR count). The van der Waals surface area contributed by atoms with Gasteiger partial charge in [0.15, 0.2) is 5.82 Å². The fraction of sp³-hybridized carbons (Fsp3) is 0.409. The summed E-state index contributed by atoms with van der Waals surface area (Å²) in [6.45, 7) is 1.94. The first kappa shape index (κ1) is 18.1. The maximum Gasteiger partial charge on any atom is 0.151 e. The number of rotatable bonds is 4. The molecule has 0 amide bonds. The van der Waals surface area contributed by atoms with Gasteiger partial charge in [-0.1, -0.05) is 6.07 Å². The normalized spacial score (nSPS) is 23.3. The van der Waals surface area contributed by atoms with Crippen molar-refractivity contribution in [3.8, 4) is 28.1 Å². The summed E-state index contributed by atoms with van der Waals surface area (Å²) in [6.07, 6.45) is 6.72. The lowest BCUT2D eigenvalue weighted by molar-refractivity contribution is 0.353. The van der Waals surface area contributed by atoms with Crippen LogP contribution in [0.15, 0.2) is 36.5 Å². The lowest BCUT2D eigenvalue weighted by Crippen LogP contribution is -2.47. The average Bonchev–Trinajstić information content (AvgIpc) is 3.32. The van der Waals surface area contributed by atoms with Crippen LogP contribution in [0.5, 0.6) is 5.75 Å². The second kappa shape index (κ2) is 7.15. The molecule has 2 fully saturated rings. The molecule has 3 atom stereocenters. The molecule has 7 nitrogen and oxygen atoms in total. The summed E-state index contributed by atoms with van der Waals surface area (Å²) in [5.74, 6) is 1.07. The molecular weight excluding hydrogens is 364 g/mol. The molecule has 29 heavy (non-hydrogen) atoms. The van der Waals surface area contributed by atoms with Gasteiger partial charge >= 0.3 is 0 Å². The van der Waals surface area contributed by atoms with Crippen molar-refractivity contribution in [1.82, 2.24) is 25.7 Å². The largest absolute Gasteiger partial charge is 0.507 e. The minimum absolute atomic E-state index is 0.188. The molecule has 0 aliphatic carbocycles. The maximum absolute atomic E-state index is 10.6. The first-order valence-corrected chi connectivity index (χ1v) is 10.2. The second-order valence-corrected chi connectivity index (χ2v) is 8.27. The number of benzene rings is 1. The molecular formula is C22H26N6O. The standard InChI is InChI=1S/C22H26N6O/c1-13-19(12-23-25-13)14-3-6-18(21(29)9-14)20-7-8-22(27-26-20)28(2)17-10-15-4-5-16(11-17)24-15/h3,6-9,12,15-17,24,29H,4-5,10-11H2,1-2H3,(H,23,25)/t15-,16+,17?. The third kappa shape index (κ3) is 3.35. The van der Waals surface area contributed by atoms with Gasteiger partial charge in [0.25, 0.3) is 0 Å². The highest BCUT2D eigenvalue weighted by Crippen LogP contribution is 2.34. The van der Waals surface area contributed by atoms with E-state index >= 15 is 0 Å². The number of aryl methyl sites for hydroxylation is 1. The van der Waals surface area contributed by atoms with Crippen LogP contribution >= 0.6 is 0 Å². The van der Waals surface area contributed by atoms with Crippen molar-refractivity contribution < 1.29 is 5.11 Å². The van der Waals surface area contributed by atoms with Crippen LogP contribution in [0.4, 0.5) is 5.82 Å². The molecule has 4 heterocycles. The number of phenols is 1. The van der Waals surface area contributed by atoms with Crippen molar-refractivity contribution in [1.29, 1.82) is 0 Å². The predicted molar refractivity (Wildman–Crippen MR) is 113 cm³/mol. The van der Waals surface area contributed by atoms with Gasteiger partial charge in [-0.2, -0.15) is 5.10 Å². The first-order chi connectivity index (χ1) is 14.1. The Hall–Kier alpha value is -2.93. The first-order valence-electron chi connectivity index (χ1n) is 10.2. The predicted octanol–water partition coefficient (Wildman–Crippen LogP) is 3.27. The molecule has 150 valence electrons. The van der Waals surface area contributed by atoms with E-state index in [1.165, 1.54) is 12.8 Å². The molecule has 0 spiro atoms. The third-order valence-corrected chi connectivity index (χ3v) is 6.42. The summed E-state index contributed by atoms with van der Waals surface area (Å²) in [5.41, 5.74) is 4.14. The number of aromatic nitrogens is 4. The van der Waals surface area contributed by atoms with Gasteiger partial charge in [-0.3, -0.25) is 5.10 Å². The molecule has 0 radical (unpaired) electrons. The van der Waals surface area contributed by atoms with Gasteiger partial charge in [0.2, 0.25) is 0 Å². The topological polar surface area (TPSA) is 90.0 Å². The summed E-state index contributed by atoms with van der Waals surface area (Å²) in [6, 6.07) is 11.3. The summed E-state index contributed by atoms with van der Waals surface area (Å²) >= 11 is 0. The third-order valence-electron chi connectivity index (χ3n) is 6.42. The number of piperidine rings is 1. The Balaban J connectivity index is 1.35. The van der Waals surface area contributed by atoms with Crippen LogP contribution in [0.25, 0.3) is 22.4 Å². The molecule has 1 unspecified atom stereocenters. The molecule has 3 aromatic rings. The quantitative estimate of drug-likeness (QED) is 0.634. The summed E-state index contributed by atoms with van der Waals surface area (Å²) < 4.78 is 0. The Morgan fingerprint density at radius 2 is 1.83 bits per heavy atom. The second-order valence-electron chi connectivity index (χ2n) is 8.27. The highest BCUT2D eigenvalue weighted by atomic mass is 16.3. The smallest absolute Gasteiger partial charge is 0.151 e. The van der Waals surface area contributed by atoms with Gasteiger partial charge < -0.3 is 15.3 Å². The van der Waals surface area contributed by atoms with Crippen molar-refractivity contribution in [2.24, 2.45) is 0 Å². The SMILES string of the molecule is Cc1n[nH]cc1-c1ccc(-c2ccc(N(C)C3C[C@H]4CC[C@@H](C3)N4)nn2)c(O)c1. The molecule has 3 N–H and O–H groups in total. The summed E-state index contributed by atoms with van der Waals surface area (Å²) in [4.78, 5) is 2.26. The molecule has 2 aliphatic rings. The number of hydrogen-bond acceptors (Lipinski definition) is 6. The Morgan fingerprint density at radius 1 is 1.03 bits per heavy atom. The fourth-order valence-corrected chi connectivity index (χ4v) is 4.75. The number of fused-ring (bicyclic) bond motifs is 2.